The Kier molecular flexibility index (Phi) is 6.70. The fourth-order valence-electron chi connectivity index (χ4n) is 3.00. The average molecular weight is 391 g/mol. The lowest BCUT2D eigenvalue weighted by Crippen LogP contribution is -2.44. The van der Waals surface area contributed by atoms with Gasteiger partial charge in [0.2, 0.25) is 11.8 Å². The summed E-state index contributed by atoms with van der Waals surface area (Å²) in [6, 6.07) is 7.40. The van der Waals surface area contributed by atoms with Crippen LogP contribution in [0.15, 0.2) is 36.7 Å². The number of urea groups is 1. The molecule has 1 aliphatic rings. The van der Waals surface area contributed by atoms with Crippen molar-refractivity contribution in [3.63, 3.8) is 0 Å². The van der Waals surface area contributed by atoms with E-state index in [0.717, 1.165) is 31.2 Å². The molecule has 1 heterocycles. The minimum atomic E-state index is -0.159. The zero-order chi connectivity index (χ0) is 19.1. The number of carbonyl (C=O) groups is 1. The average Bonchev–Trinajstić information content (AvgIpc) is 2.69. The Morgan fingerprint density at radius 2 is 1.85 bits per heavy atom. The topological polar surface area (TPSA) is 85.4 Å². The highest BCUT2D eigenvalue weighted by molar-refractivity contribution is 6.30. The van der Waals surface area contributed by atoms with Crippen molar-refractivity contribution < 1.29 is 14.3 Å². The van der Waals surface area contributed by atoms with Crippen LogP contribution in [0.25, 0.3) is 0 Å². The first-order valence-corrected chi connectivity index (χ1v) is 9.31. The van der Waals surface area contributed by atoms with Crippen LogP contribution in [0, 0.1) is 0 Å². The van der Waals surface area contributed by atoms with Gasteiger partial charge in [0.25, 0.3) is 0 Å². The third-order valence-corrected chi connectivity index (χ3v) is 4.71. The Balaban J connectivity index is 1.38. The maximum absolute atomic E-state index is 12.1. The maximum Gasteiger partial charge on any atom is 0.315 e. The number of halogens is 1. The van der Waals surface area contributed by atoms with E-state index in [1.165, 1.54) is 6.20 Å². The summed E-state index contributed by atoms with van der Waals surface area (Å²) in [6.07, 6.45) is 6.60. The zero-order valence-electron chi connectivity index (χ0n) is 15.2. The van der Waals surface area contributed by atoms with Gasteiger partial charge in [-0.25, -0.2) is 4.79 Å². The van der Waals surface area contributed by atoms with Crippen LogP contribution in [0.1, 0.15) is 31.2 Å². The largest absolute Gasteiger partial charge is 0.480 e. The summed E-state index contributed by atoms with van der Waals surface area (Å²) in [5.74, 6) is 0.895. The number of aromatic nitrogens is 2. The minimum absolute atomic E-state index is 0.0709. The van der Waals surface area contributed by atoms with Gasteiger partial charge in [0.05, 0.1) is 19.5 Å². The highest BCUT2D eigenvalue weighted by Gasteiger charge is 2.24. The summed E-state index contributed by atoms with van der Waals surface area (Å²) in [5, 5.41) is 6.58. The number of nitrogens with one attached hydrogen (secondary N) is 2. The fourth-order valence-corrected chi connectivity index (χ4v) is 3.13. The Labute approximate surface area is 163 Å². The number of benzene rings is 1. The quantitative estimate of drug-likeness (QED) is 0.790. The monoisotopic (exact) mass is 390 g/mol. The number of hydrogen-bond donors (Lipinski definition) is 2. The molecule has 2 aromatic rings. The van der Waals surface area contributed by atoms with Crippen LogP contribution in [-0.2, 0) is 6.54 Å². The summed E-state index contributed by atoms with van der Waals surface area (Å²) in [4.78, 5) is 20.3. The molecule has 0 bridgehead atoms. The number of ether oxygens (including phenoxy) is 2. The summed E-state index contributed by atoms with van der Waals surface area (Å²) in [6.45, 7) is 0.468. The second-order valence-corrected chi connectivity index (χ2v) is 6.88. The van der Waals surface area contributed by atoms with E-state index < -0.39 is 0 Å². The van der Waals surface area contributed by atoms with E-state index in [9.17, 15) is 4.79 Å². The summed E-state index contributed by atoms with van der Waals surface area (Å²) in [5.41, 5.74) is 1.01. The maximum atomic E-state index is 12.1. The molecule has 2 N–H and O–H groups in total. The number of nitrogens with zero attached hydrogens (tertiary/aromatic N) is 2. The lowest BCUT2D eigenvalue weighted by Gasteiger charge is -2.29. The summed E-state index contributed by atoms with van der Waals surface area (Å²) >= 11 is 5.86. The van der Waals surface area contributed by atoms with Crippen molar-refractivity contribution >= 4 is 17.6 Å². The van der Waals surface area contributed by atoms with Crippen LogP contribution in [0.5, 0.6) is 11.8 Å². The van der Waals surface area contributed by atoms with Crippen molar-refractivity contribution in [3.8, 4) is 11.8 Å². The molecule has 0 aliphatic heterocycles. The van der Waals surface area contributed by atoms with Crippen molar-refractivity contribution in [1.82, 2.24) is 20.6 Å². The molecule has 7 nitrogen and oxygen atoms in total. The minimum Gasteiger partial charge on any atom is -0.480 e. The molecule has 0 saturated heterocycles. The molecule has 8 heteroatoms. The first-order chi connectivity index (χ1) is 13.1. The molecule has 144 valence electrons. The van der Waals surface area contributed by atoms with Gasteiger partial charge in [-0.15, -0.1) is 0 Å². The molecule has 1 fully saturated rings. The molecule has 1 aromatic heterocycles. The van der Waals surface area contributed by atoms with Crippen LogP contribution in [0.3, 0.4) is 0 Å². The third-order valence-electron chi connectivity index (χ3n) is 4.46. The Bertz CT molecular complexity index is 749. The highest BCUT2D eigenvalue weighted by atomic mass is 35.5. The molecule has 27 heavy (non-hydrogen) atoms. The predicted molar refractivity (Wildman–Crippen MR) is 102 cm³/mol. The van der Waals surface area contributed by atoms with Crippen molar-refractivity contribution in [2.45, 2.75) is 44.4 Å². The van der Waals surface area contributed by atoms with Gasteiger partial charge in [-0.1, -0.05) is 23.7 Å². The first-order valence-electron chi connectivity index (χ1n) is 8.94. The smallest absolute Gasteiger partial charge is 0.315 e. The van der Waals surface area contributed by atoms with Crippen LogP contribution < -0.4 is 20.1 Å². The van der Waals surface area contributed by atoms with E-state index in [1.54, 1.807) is 13.3 Å². The number of rotatable bonds is 6. The molecule has 3 rings (SSSR count). The SMILES string of the molecule is COc1cncc(OC2CCC(NC(=O)NCc3ccc(Cl)cc3)CC2)n1. The van der Waals surface area contributed by atoms with Gasteiger partial charge < -0.3 is 20.1 Å². The van der Waals surface area contributed by atoms with E-state index in [0.29, 0.717) is 23.3 Å². The number of carbonyl (C=O) groups excluding carboxylic acids is 1. The molecule has 1 aliphatic carbocycles. The summed E-state index contributed by atoms with van der Waals surface area (Å²) < 4.78 is 10.9. The highest BCUT2D eigenvalue weighted by Crippen LogP contribution is 2.23. The van der Waals surface area contributed by atoms with Crippen LogP contribution in [-0.4, -0.2) is 35.3 Å². The van der Waals surface area contributed by atoms with Gasteiger partial charge in [0.15, 0.2) is 0 Å². The van der Waals surface area contributed by atoms with Crippen molar-refractivity contribution in [2.24, 2.45) is 0 Å². The first kappa shape index (κ1) is 19.2. The van der Waals surface area contributed by atoms with Gasteiger partial charge in [-0.3, -0.25) is 4.98 Å². The molecule has 2 amide bonds. The fraction of sp³-hybridized carbons (Fsp3) is 0.421. The van der Waals surface area contributed by atoms with Gasteiger partial charge in [-0.05, 0) is 43.4 Å². The van der Waals surface area contributed by atoms with E-state index in [1.807, 2.05) is 24.3 Å². The lowest BCUT2D eigenvalue weighted by atomic mass is 9.93. The van der Waals surface area contributed by atoms with E-state index >= 15 is 0 Å². The molecular weight excluding hydrogens is 368 g/mol. The normalized spacial score (nSPS) is 19.2. The van der Waals surface area contributed by atoms with E-state index in [2.05, 4.69) is 20.6 Å². The molecule has 1 aromatic carbocycles. The number of methoxy groups -OCH3 is 1. The Hall–Kier alpha value is -2.54. The third kappa shape index (κ3) is 5.99. The molecule has 0 unspecified atom stereocenters. The Morgan fingerprint density at radius 3 is 2.56 bits per heavy atom. The molecule has 0 radical (unpaired) electrons. The van der Waals surface area contributed by atoms with Crippen LogP contribution >= 0.6 is 11.6 Å². The van der Waals surface area contributed by atoms with Crippen LogP contribution in [0.4, 0.5) is 4.79 Å². The predicted octanol–water partition coefficient (Wildman–Crippen LogP) is 3.33. The number of amides is 2. The number of hydrogen-bond acceptors (Lipinski definition) is 5. The van der Waals surface area contributed by atoms with Gasteiger partial charge >= 0.3 is 6.03 Å². The summed E-state index contributed by atoms with van der Waals surface area (Å²) in [7, 11) is 1.54. The molecule has 0 atom stereocenters. The second-order valence-electron chi connectivity index (χ2n) is 6.44. The molecular formula is C19H23ClN4O3. The van der Waals surface area contributed by atoms with Gasteiger partial charge in [0.1, 0.15) is 6.10 Å². The van der Waals surface area contributed by atoms with Gasteiger partial charge in [-0.2, -0.15) is 4.98 Å². The van der Waals surface area contributed by atoms with Crippen molar-refractivity contribution in [3.05, 3.63) is 47.2 Å². The molecule has 1 saturated carbocycles. The van der Waals surface area contributed by atoms with Crippen molar-refractivity contribution in [1.29, 1.82) is 0 Å². The standard InChI is InChI=1S/C19H23ClN4O3/c1-26-17-11-21-12-18(24-17)27-16-8-6-15(7-9-16)23-19(25)22-10-13-2-4-14(20)5-3-13/h2-5,11-12,15-16H,6-10H2,1H3,(H2,22,23,25). The van der Waals surface area contributed by atoms with E-state index in [-0.39, 0.29) is 18.2 Å². The van der Waals surface area contributed by atoms with E-state index in [4.69, 9.17) is 21.1 Å². The molecule has 0 spiro atoms. The van der Waals surface area contributed by atoms with Crippen molar-refractivity contribution in [2.75, 3.05) is 7.11 Å². The second kappa shape index (κ2) is 9.41. The lowest BCUT2D eigenvalue weighted by molar-refractivity contribution is 0.133. The Morgan fingerprint density at radius 1 is 1.15 bits per heavy atom. The van der Waals surface area contributed by atoms with Crippen LogP contribution in [0.2, 0.25) is 5.02 Å². The zero-order valence-corrected chi connectivity index (χ0v) is 15.9. The van der Waals surface area contributed by atoms with Gasteiger partial charge in [0, 0.05) is 17.6 Å².